The highest BCUT2D eigenvalue weighted by atomic mass is 19.1. The highest BCUT2D eigenvalue weighted by Crippen LogP contribution is 2.19. The van der Waals surface area contributed by atoms with Gasteiger partial charge in [0, 0.05) is 31.7 Å². The van der Waals surface area contributed by atoms with E-state index < -0.39 is 0 Å². The predicted molar refractivity (Wildman–Crippen MR) is 124 cm³/mol. The Hall–Kier alpha value is -3.29. The predicted octanol–water partition coefficient (Wildman–Crippen LogP) is 2.60. The van der Waals surface area contributed by atoms with Crippen LogP contribution in [0.5, 0.6) is 0 Å². The molecule has 2 aromatic carbocycles. The quantitative estimate of drug-likeness (QED) is 0.534. The van der Waals surface area contributed by atoms with Crippen LogP contribution < -0.4 is 16.4 Å². The van der Waals surface area contributed by atoms with Crippen LogP contribution in [0.4, 0.5) is 10.2 Å². The molecule has 4 rings (SSSR count). The maximum atomic E-state index is 13.0. The Balaban J connectivity index is 1.25. The average Bonchev–Trinajstić information content (AvgIpc) is 2.80. The van der Waals surface area contributed by atoms with Crippen molar-refractivity contribution in [1.82, 2.24) is 20.5 Å². The second-order valence-corrected chi connectivity index (χ2v) is 8.07. The summed E-state index contributed by atoms with van der Waals surface area (Å²) in [5.74, 6) is 0.154. The summed E-state index contributed by atoms with van der Waals surface area (Å²) in [7, 11) is 0. The van der Waals surface area contributed by atoms with Gasteiger partial charge < -0.3 is 11.1 Å². The maximum Gasteiger partial charge on any atom is 0.225 e. The number of carbonyl (C=O) groups excluding carboxylic acids is 1. The average molecular weight is 434 g/mol. The Bertz CT molecular complexity index is 1040. The molecule has 32 heavy (non-hydrogen) atoms. The fourth-order valence-corrected chi connectivity index (χ4v) is 3.89. The number of nitrogens with two attached hydrogens (primary N) is 1. The van der Waals surface area contributed by atoms with Crippen LogP contribution in [-0.4, -0.2) is 48.1 Å². The third-order valence-electron chi connectivity index (χ3n) is 5.61. The molecule has 6 nitrogen and oxygen atoms in total. The molecule has 0 aliphatic carbocycles. The van der Waals surface area contributed by atoms with Gasteiger partial charge in [0.25, 0.3) is 0 Å². The van der Waals surface area contributed by atoms with Gasteiger partial charge in [-0.05, 0) is 41.8 Å². The molecule has 1 saturated heterocycles. The van der Waals surface area contributed by atoms with E-state index in [9.17, 15) is 9.18 Å². The number of rotatable bonds is 7. The number of pyridine rings is 1. The Morgan fingerprint density at radius 1 is 1.09 bits per heavy atom. The molecule has 1 fully saturated rings. The molecule has 0 spiro atoms. The zero-order valence-electron chi connectivity index (χ0n) is 17.9. The first-order chi connectivity index (χ1) is 15.5. The van der Waals surface area contributed by atoms with Crippen molar-refractivity contribution in [3.05, 3.63) is 83.7 Å². The molecule has 1 atom stereocenters. The van der Waals surface area contributed by atoms with Crippen molar-refractivity contribution < 1.29 is 9.18 Å². The van der Waals surface area contributed by atoms with E-state index in [4.69, 9.17) is 5.73 Å². The van der Waals surface area contributed by atoms with Crippen LogP contribution in [-0.2, 0) is 17.6 Å². The Morgan fingerprint density at radius 3 is 2.59 bits per heavy atom. The molecule has 7 heteroatoms. The number of nitrogen functional groups attached to an aromatic ring is 1. The lowest BCUT2D eigenvalue weighted by Crippen LogP contribution is -2.58. The minimum Gasteiger partial charge on any atom is -0.384 e. The first-order valence-corrected chi connectivity index (χ1v) is 10.9. The minimum atomic E-state index is -0.296. The standard InChI is InChI=1S/C25H28FN5O/c26-21-10-6-19(7-11-21)16-25(32)30-24-17-31(15-13-28-24)14-12-18-4-8-20(9-5-18)22-2-1-3-23(27)29-22/h1-11,24,28H,12-17H2,(H2,27,29)(H,30,32). The van der Waals surface area contributed by atoms with E-state index in [1.807, 2.05) is 12.1 Å². The monoisotopic (exact) mass is 433 g/mol. The summed E-state index contributed by atoms with van der Waals surface area (Å²) < 4.78 is 13.0. The van der Waals surface area contributed by atoms with Crippen LogP contribution >= 0.6 is 0 Å². The van der Waals surface area contributed by atoms with Gasteiger partial charge in [0.2, 0.25) is 5.91 Å². The van der Waals surface area contributed by atoms with Crippen LogP contribution in [0.1, 0.15) is 11.1 Å². The smallest absolute Gasteiger partial charge is 0.225 e. The summed E-state index contributed by atoms with van der Waals surface area (Å²) in [4.78, 5) is 19.1. The topological polar surface area (TPSA) is 83.3 Å². The lowest BCUT2D eigenvalue weighted by molar-refractivity contribution is -0.121. The maximum absolute atomic E-state index is 13.0. The Kier molecular flexibility index (Phi) is 7.09. The molecule has 1 unspecified atom stereocenters. The zero-order valence-corrected chi connectivity index (χ0v) is 17.9. The largest absolute Gasteiger partial charge is 0.384 e. The van der Waals surface area contributed by atoms with Crippen LogP contribution in [0, 0.1) is 5.82 Å². The third-order valence-corrected chi connectivity index (χ3v) is 5.61. The summed E-state index contributed by atoms with van der Waals surface area (Å²) in [6.07, 6.45) is 1.09. The summed E-state index contributed by atoms with van der Waals surface area (Å²) in [5, 5.41) is 6.39. The number of carbonyl (C=O) groups is 1. The molecule has 1 aromatic heterocycles. The Labute approximate surface area is 187 Å². The fourth-order valence-electron chi connectivity index (χ4n) is 3.89. The van der Waals surface area contributed by atoms with Gasteiger partial charge in [0.05, 0.1) is 18.3 Å². The number of benzene rings is 2. The van der Waals surface area contributed by atoms with Gasteiger partial charge in [-0.25, -0.2) is 9.37 Å². The second-order valence-electron chi connectivity index (χ2n) is 8.07. The molecule has 1 aliphatic rings. The molecule has 166 valence electrons. The van der Waals surface area contributed by atoms with Gasteiger partial charge in [-0.3, -0.25) is 15.0 Å². The van der Waals surface area contributed by atoms with Crippen molar-refractivity contribution in [2.24, 2.45) is 0 Å². The fraction of sp³-hybridized carbons (Fsp3) is 0.280. The molecule has 3 aromatic rings. The summed E-state index contributed by atoms with van der Waals surface area (Å²) in [5.41, 5.74) is 9.76. The SMILES string of the molecule is Nc1cccc(-c2ccc(CCN3CCNC(NC(=O)Cc4ccc(F)cc4)C3)cc2)n1. The summed E-state index contributed by atoms with van der Waals surface area (Å²) in [6.45, 7) is 3.43. The molecule has 4 N–H and O–H groups in total. The van der Waals surface area contributed by atoms with Crippen molar-refractivity contribution in [1.29, 1.82) is 0 Å². The van der Waals surface area contributed by atoms with Gasteiger partial charge in [-0.15, -0.1) is 0 Å². The highest BCUT2D eigenvalue weighted by Gasteiger charge is 2.20. The Morgan fingerprint density at radius 2 is 1.84 bits per heavy atom. The van der Waals surface area contributed by atoms with Crippen molar-refractivity contribution in [2.45, 2.75) is 19.0 Å². The van der Waals surface area contributed by atoms with Crippen molar-refractivity contribution in [3.8, 4) is 11.3 Å². The minimum absolute atomic E-state index is 0.0679. The number of piperazine rings is 1. The van der Waals surface area contributed by atoms with Gasteiger partial charge in [0.15, 0.2) is 0 Å². The van der Waals surface area contributed by atoms with E-state index in [1.54, 1.807) is 18.2 Å². The van der Waals surface area contributed by atoms with Crippen LogP contribution in [0.15, 0.2) is 66.7 Å². The van der Waals surface area contributed by atoms with Gasteiger partial charge >= 0.3 is 0 Å². The molecule has 2 heterocycles. The molecule has 0 saturated carbocycles. The number of anilines is 1. The first-order valence-electron chi connectivity index (χ1n) is 10.9. The van der Waals surface area contributed by atoms with Crippen molar-refractivity contribution in [3.63, 3.8) is 0 Å². The molecular formula is C25H28FN5O. The van der Waals surface area contributed by atoms with E-state index in [-0.39, 0.29) is 24.3 Å². The summed E-state index contributed by atoms with van der Waals surface area (Å²) in [6, 6.07) is 20.1. The van der Waals surface area contributed by atoms with Gasteiger partial charge in [-0.2, -0.15) is 0 Å². The number of nitrogens with one attached hydrogen (secondary N) is 2. The number of amides is 1. The zero-order chi connectivity index (χ0) is 22.3. The molecule has 0 radical (unpaired) electrons. The lowest BCUT2D eigenvalue weighted by Gasteiger charge is -2.34. The molecular weight excluding hydrogens is 405 g/mol. The summed E-state index contributed by atoms with van der Waals surface area (Å²) >= 11 is 0. The van der Waals surface area contributed by atoms with Crippen LogP contribution in [0.3, 0.4) is 0 Å². The number of hydrogen-bond acceptors (Lipinski definition) is 5. The highest BCUT2D eigenvalue weighted by molar-refractivity contribution is 5.78. The van der Waals surface area contributed by atoms with Gasteiger partial charge in [-0.1, -0.05) is 42.5 Å². The third kappa shape index (κ3) is 6.12. The van der Waals surface area contributed by atoms with Crippen molar-refractivity contribution in [2.75, 3.05) is 31.9 Å². The van der Waals surface area contributed by atoms with E-state index in [2.05, 4.69) is 44.8 Å². The molecule has 0 bridgehead atoms. The lowest BCUT2D eigenvalue weighted by atomic mass is 10.1. The van der Waals surface area contributed by atoms with Crippen molar-refractivity contribution >= 4 is 11.7 Å². The number of halogens is 1. The van der Waals surface area contributed by atoms with Gasteiger partial charge in [0.1, 0.15) is 11.6 Å². The van der Waals surface area contributed by atoms with Crippen LogP contribution in [0.25, 0.3) is 11.3 Å². The van der Waals surface area contributed by atoms with E-state index >= 15 is 0 Å². The van der Waals surface area contributed by atoms with E-state index in [0.29, 0.717) is 5.82 Å². The number of aromatic nitrogens is 1. The molecule has 1 amide bonds. The number of nitrogens with zero attached hydrogens (tertiary/aromatic N) is 2. The van der Waals surface area contributed by atoms with E-state index in [1.165, 1.54) is 17.7 Å². The van der Waals surface area contributed by atoms with E-state index in [0.717, 1.165) is 49.4 Å². The normalized spacial score (nSPS) is 16.6. The first kappa shape index (κ1) is 21.9. The second kappa shape index (κ2) is 10.3. The number of hydrogen-bond donors (Lipinski definition) is 3. The van der Waals surface area contributed by atoms with Crippen LogP contribution in [0.2, 0.25) is 0 Å². The molecule has 1 aliphatic heterocycles.